The van der Waals surface area contributed by atoms with Crippen LogP contribution in [0.5, 0.6) is 11.5 Å². The van der Waals surface area contributed by atoms with Crippen molar-refractivity contribution in [1.82, 2.24) is 0 Å². The molecule has 1 aromatic carbocycles. The highest BCUT2D eigenvalue weighted by molar-refractivity contribution is 5.46. The number of nitriles is 1. The van der Waals surface area contributed by atoms with E-state index in [0.717, 1.165) is 6.42 Å². The van der Waals surface area contributed by atoms with Crippen molar-refractivity contribution < 1.29 is 14.2 Å². The minimum absolute atomic E-state index is 0.0390. The van der Waals surface area contributed by atoms with E-state index in [9.17, 15) is 0 Å². The normalized spacial score (nSPS) is 11.7. The standard InChI is InChI=1S/C14H19NO3/c1-4-17-14-9-12(10-15)5-6-13(14)18-11(2)7-8-16-3/h5-6,9,11H,4,7-8H2,1-3H3. The molecular formula is C14H19NO3. The quantitative estimate of drug-likeness (QED) is 0.745. The first kappa shape index (κ1) is 14.3. The Kier molecular flexibility index (Phi) is 6.03. The molecule has 0 N–H and O–H groups in total. The van der Waals surface area contributed by atoms with Gasteiger partial charge in [0.25, 0.3) is 0 Å². The van der Waals surface area contributed by atoms with Crippen molar-refractivity contribution in [2.45, 2.75) is 26.4 Å². The lowest BCUT2D eigenvalue weighted by Gasteiger charge is -2.17. The van der Waals surface area contributed by atoms with Crippen LogP contribution >= 0.6 is 0 Å². The Morgan fingerprint density at radius 1 is 1.33 bits per heavy atom. The molecule has 0 heterocycles. The van der Waals surface area contributed by atoms with Crippen molar-refractivity contribution in [3.8, 4) is 17.6 Å². The summed E-state index contributed by atoms with van der Waals surface area (Å²) >= 11 is 0. The van der Waals surface area contributed by atoms with Crippen LogP contribution in [0, 0.1) is 11.3 Å². The van der Waals surface area contributed by atoms with Gasteiger partial charge >= 0.3 is 0 Å². The SMILES string of the molecule is CCOc1cc(C#N)ccc1OC(C)CCOC. The molecule has 0 aromatic heterocycles. The first-order valence-corrected chi connectivity index (χ1v) is 6.03. The Bertz CT molecular complexity index is 412. The van der Waals surface area contributed by atoms with Crippen molar-refractivity contribution >= 4 is 0 Å². The van der Waals surface area contributed by atoms with Crippen molar-refractivity contribution in [2.24, 2.45) is 0 Å². The van der Waals surface area contributed by atoms with E-state index in [1.54, 1.807) is 25.3 Å². The molecule has 0 saturated carbocycles. The van der Waals surface area contributed by atoms with E-state index in [-0.39, 0.29) is 6.10 Å². The number of rotatable bonds is 7. The van der Waals surface area contributed by atoms with Crippen LogP contribution in [-0.2, 0) is 4.74 Å². The molecule has 0 fully saturated rings. The Balaban J connectivity index is 2.77. The smallest absolute Gasteiger partial charge is 0.162 e. The predicted octanol–water partition coefficient (Wildman–Crippen LogP) is 2.76. The maximum Gasteiger partial charge on any atom is 0.162 e. The summed E-state index contributed by atoms with van der Waals surface area (Å²) in [5.41, 5.74) is 0.565. The summed E-state index contributed by atoms with van der Waals surface area (Å²) in [5, 5.41) is 8.86. The summed E-state index contributed by atoms with van der Waals surface area (Å²) in [6, 6.07) is 7.28. The van der Waals surface area contributed by atoms with Crippen molar-refractivity contribution in [3.05, 3.63) is 23.8 Å². The summed E-state index contributed by atoms with van der Waals surface area (Å²) < 4.78 is 16.3. The zero-order chi connectivity index (χ0) is 13.4. The zero-order valence-electron chi connectivity index (χ0n) is 11.1. The summed E-state index contributed by atoms with van der Waals surface area (Å²) in [6.45, 7) is 5.07. The van der Waals surface area contributed by atoms with Crippen LogP contribution < -0.4 is 9.47 Å². The van der Waals surface area contributed by atoms with E-state index in [1.165, 1.54) is 0 Å². The highest BCUT2D eigenvalue weighted by atomic mass is 16.5. The molecule has 1 aromatic rings. The summed E-state index contributed by atoms with van der Waals surface area (Å²) in [4.78, 5) is 0. The molecule has 0 aliphatic rings. The largest absolute Gasteiger partial charge is 0.490 e. The molecule has 1 atom stereocenters. The Labute approximate surface area is 108 Å². The molecule has 1 unspecified atom stereocenters. The highest BCUT2D eigenvalue weighted by Gasteiger charge is 2.10. The van der Waals surface area contributed by atoms with Crippen molar-refractivity contribution in [1.29, 1.82) is 5.26 Å². The minimum atomic E-state index is 0.0390. The average molecular weight is 249 g/mol. The van der Waals surface area contributed by atoms with Gasteiger partial charge in [0.2, 0.25) is 0 Å². The predicted molar refractivity (Wildman–Crippen MR) is 68.9 cm³/mol. The van der Waals surface area contributed by atoms with E-state index in [2.05, 4.69) is 6.07 Å². The van der Waals surface area contributed by atoms with Crippen LogP contribution in [0.15, 0.2) is 18.2 Å². The molecule has 0 bridgehead atoms. The molecule has 0 saturated heterocycles. The van der Waals surface area contributed by atoms with Crippen LogP contribution in [0.25, 0.3) is 0 Å². The van der Waals surface area contributed by atoms with Crippen LogP contribution in [0.1, 0.15) is 25.8 Å². The van der Waals surface area contributed by atoms with Gasteiger partial charge in [-0.15, -0.1) is 0 Å². The van der Waals surface area contributed by atoms with E-state index in [0.29, 0.717) is 30.3 Å². The number of hydrogen-bond acceptors (Lipinski definition) is 4. The van der Waals surface area contributed by atoms with Gasteiger partial charge in [0.15, 0.2) is 11.5 Å². The molecule has 0 aliphatic heterocycles. The Morgan fingerprint density at radius 3 is 2.72 bits per heavy atom. The molecule has 1 rings (SSSR count). The fourth-order valence-electron chi connectivity index (χ4n) is 1.50. The second kappa shape index (κ2) is 7.57. The maximum absolute atomic E-state index is 8.86. The van der Waals surface area contributed by atoms with Gasteiger partial charge in [0, 0.05) is 26.2 Å². The summed E-state index contributed by atoms with van der Waals surface area (Å²) in [7, 11) is 1.67. The lowest BCUT2D eigenvalue weighted by atomic mass is 10.2. The topological polar surface area (TPSA) is 51.5 Å². The number of hydrogen-bond donors (Lipinski definition) is 0. The summed E-state index contributed by atoms with van der Waals surface area (Å²) in [5.74, 6) is 1.28. The molecule has 0 radical (unpaired) electrons. The monoisotopic (exact) mass is 249 g/mol. The second-order valence-corrected chi connectivity index (χ2v) is 3.92. The summed E-state index contributed by atoms with van der Waals surface area (Å²) in [6.07, 6.45) is 0.847. The van der Waals surface area contributed by atoms with Crippen LogP contribution in [0.2, 0.25) is 0 Å². The third kappa shape index (κ3) is 4.27. The molecule has 0 aliphatic carbocycles. The first-order chi connectivity index (χ1) is 8.71. The fourth-order valence-corrected chi connectivity index (χ4v) is 1.50. The Hall–Kier alpha value is -1.73. The van der Waals surface area contributed by atoms with Crippen LogP contribution in [0.4, 0.5) is 0 Å². The third-order valence-electron chi connectivity index (χ3n) is 2.43. The van der Waals surface area contributed by atoms with Gasteiger partial charge in [0.1, 0.15) is 0 Å². The van der Waals surface area contributed by atoms with Crippen LogP contribution in [-0.4, -0.2) is 26.4 Å². The highest BCUT2D eigenvalue weighted by Crippen LogP contribution is 2.29. The van der Waals surface area contributed by atoms with Gasteiger partial charge < -0.3 is 14.2 Å². The van der Waals surface area contributed by atoms with Gasteiger partial charge in [-0.3, -0.25) is 0 Å². The number of methoxy groups -OCH3 is 1. The Morgan fingerprint density at radius 2 is 2.11 bits per heavy atom. The van der Waals surface area contributed by atoms with E-state index < -0.39 is 0 Å². The molecule has 98 valence electrons. The molecule has 4 nitrogen and oxygen atoms in total. The van der Waals surface area contributed by atoms with Gasteiger partial charge in [0.05, 0.1) is 24.3 Å². The second-order valence-electron chi connectivity index (χ2n) is 3.92. The molecule has 0 spiro atoms. The van der Waals surface area contributed by atoms with Gasteiger partial charge in [-0.2, -0.15) is 5.26 Å². The van der Waals surface area contributed by atoms with Crippen molar-refractivity contribution in [2.75, 3.05) is 20.3 Å². The van der Waals surface area contributed by atoms with E-state index in [1.807, 2.05) is 13.8 Å². The zero-order valence-corrected chi connectivity index (χ0v) is 11.1. The van der Waals surface area contributed by atoms with E-state index in [4.69, 9.17) is 19.5 Å². The fraction of sp³-hybridized carbons (Fsp3) is 0.500. The molecule has 0 amide bonds. The maximum atomic E-state index is 8.86. The number of nitrogens with zero attached hydrogens (tertiary/aromatic N) is 1. The third-order valence-corrected chi connectivity index (χ3v) is 2.43. The molecule has 18 heavy (non-hydrogen) atoms. The van der Waals surface area contributed by atoms with Gasteiger partial charge in [-0.25, -0.2) is 0 Å². The van der Waals surface area contributed by atoms with Crippen molar-refractivity contribution in [3.63, 3.8) is 0 Å². The van der Waals surface area contributed by atoms with Gasteiger partial charge in [-0.1, -0.05) is 0 Å². The van der Waals surface area contributed by atoms with Crippen LogP contribution in [0.3, 0.4) is 0 Å². The molecule has 4 heteroatoms. The minimum Gasteiger partial charge on any atom is -0.490 e. The lowest BCUT2D eigenvalue weighted by Crippen LogP contribution is -2.14. The average Bonchev–Trinajstić information content (AvgIpc) is 2.38. The first-order valence-electron chi connectivity index (χ1n) is 6.03. The van der Waals surface area contributed by atoms with E-state index >= 15 is 0 Å². The molecular weight excluding hydrogens is 230 g/mol. The number of ether oxygens (including phenoxy) is 3. The van der Waals surface area contributed by atoms with Gasteiger partial charge in [-0.05, 0) is 26.0 Å². The lowest BCUT2D eigenvalue weighted by molar-refractivity contribution is 0.132. The number of benzene rings is 1.